The van der Waals surface area contributed by atoms with Crippen LogP contribution in [0.5, 0.6) is 0 Å². The summed E-state index contributed by atoms with van der Waals surface area (Å²) in [5.41, 5.74) is 0.249. The molecule has 0 fully saturated rings. The van der Waals surface area contributed by atoms with Crippen molar-refractivity contribution in [1.82, 2.24) is 0 Å². The van der Waals surface area contributed by atoms with Gasteiger partial charge in [0.05, 0.1) is 0 Å². The van der Waals surface area contributed by atoms with Gasteiger partial charge in [-0.1, -0.05) is 30.3 Å². The molecule has 2 N–H and O–H groups in total. The maximum Gasteiger partial charge on any atom is 0.255 e. The molecule has 0 aliphatic rings. The van der Waals surface area contributed by atoms with Crippen LogP contribution in [-0.4, -0.2) is 22.4 Å². The molecule has 0 saturated heterocycles. The zero-order chi connectivity index (χ0) is 15.5. The molecule has 2 aromatic carbocycles. The SMILES string of the molecule is CC(C)(O)C(=O)Nc1ccc(C(=O)c2ccccc2)cc1. The molecular weight excluding hydrogens is 266 g/mol. The predicted molar refractivity (Wildman–Crippen MR) is 81.2 cm³/mol. The molecule has 0 spiro atoms. The van der Waals surface area contributed by atoms with Gasteiger partial charge in [0.2, 0.25) is 0 Å². The van der Waals surface area contributed by atoms with E-state index in [4.69, 9.17) is 0 Å². The van der Waals surface area contributed by atoms with Crippen molar-refractivity contribution in [3.63, 3.8) is 0 Å². The zero-order valence-electron chi connectivity index (χ0n) is 12.0. The summed E-state index contributed by atoms with van der Waals surface area (Å²) in [6.45, 7) is 2.82. The molecule has 0 aliphatic carbocycles. The average Bonchev–Trinajstić information content (AvgIpc) is 2.47. The van der Waals surface area contributed by atoms with E-state index in [9.17, 15) is 14.7 Å². The zero-order valence-corrected chi connectivity index (χ0v) is 12.0. The van der Waals surface area contributed by atoms with E-state index >= 15 is 0 Å². The second kappa shape index (κ2) is 5.89. The fraction of sp³-hybridized carbons (Fsp3) is 0.176. The highest BCUT2D eigenvalue weighted by Crippen LogP contribution is 2.15. The molecular formula is C17H17NO3. The summed E-state index contributed by atoms with van der Waals surface area (Å²) in [7, 11) is 0. The molecule has 2 rings (SSSR count). The molecule has 2 aromatic rings. The Labute approximate surface area is 123 Å². The summed E-state index contributed by atoms with van der Waals surface area (Å²) in [6, 6.07) is 15.6. The molecule has 0 unspecified atom stereocenters. The summed E-state index contributed by atoms with van der Waals surface area (Å²) in [5, 5.41) is 12.2. The van der Waals surface area contributed by atoms with Crippen molar-refractivity contribution in [1.29, 1.82) is 0 Å². The van der Waals surface area contributed by atoms with Crippen LogP contribution in [-0.2, 0) is 4.79 Å². The molecule has 4 nitrogen and oxygen atoms in total. The Kier molecular flexibility index (Phi) is 4.19. The molecule has 0 saturated carbocycles. The van der Waals surface area contributed by atoms with Gasteiger partial charge in [-0.05, 0) is 38.1 Å². The average molecular weight is 283 g/mol. The topological polar surface area (TPSA) is 66.4 Å². The molecule has 0 bridgehead atoms. The van der Waals surface area contributed by atoms with Crippen LogP contribution in [0.3, 0.4) is 0 Å². The van der Waals surface area contributed by atoms with Crippen molar-refractivity contribution in [3.05, 3.63) is 65.7 Å². The Morgan fingerprint density at radius 1 is 0.905 bits per heavy atom. The van der Waals surface area contributed by atoms with Crippen molar-refractivity contribution in [3.8, 4) is 0 Å². The number of nitrogens with one attached hydrogen (secondary N) is 1. The van der Waals surface area contributed by atoms with Crippen LogP contribution >= 0.6 is 0 Å². The Balaban J connectivity index is 2.13. The number of hydrogen-bond donors (Lipinski definition) is 2. The summed E-state index contributed by atoms with van der Waals surface area (Å²) in [6.07, 6.45) is 0. The number of rotatable bonds is 4. The van der Waals surface area contributed by atoms with Crippen LogP contribution in [0.4, 0.5) is 5.69 Å². The van der Waals surface area contributed by atoms with E-state index in [1.807, 2.05) is 18.2 Å². The van der Waals surface area contributed by atoms with E-state index in [0.29, 0.717) is 16.8 Å². The molecule has 0 aromatic heterocycles. The lowest BCUT2D eigenvalue weighted by Gasteiger charge is -2.16. The second-order valence-electron chi connectivity index (χ2n) is 5.29. The van der Waals surface area contributed by atoms with E-state index in [1.165, 1.54) is 13.8 Å². The van der Waals surface area contributed by atoms with Gasteiger partial charge in [0.15, 0.2) is 5.78 Å². The molecule has 0 atom stereocenters. The molecule has 0 aliphatic heterocycles. The van der Waals surface area contributed by atoms with Crippen LogP contribution in [0.1, 0.15) is 29.8 Å². The monoisotopic (exact) mass is 283 g/mol. The van der Waals surface area contributed by atoms with Crippen molar-refractivity contribution >= 4 is 17.4 Å². The number of benzene rings is 2. The molecule has 0 radical (unpaired) electrons. The third-order valence-electron chi connectivity index (χ3n) is 3.00. The lowest BCUT2D eigenvalue weighted by molar-refractivity contribution is -0.130. The summed E-state index contributed by atoms with van der Waals surface area (Å²) in [4.78, 5) is 23.9. The maximum absolute atomic E-state index is 12.2. The number of carbonyl (C=O) groups is 2. The van der Waals surface area contributed by atoms with Gasteiger partial charge in [-0.25, -0.2) is 0 Å². The minimum Gasteiger partial charge on any atom is -0.381 e. The van der Waals surface area contributed by atoms with E-state index in [0.717, 1.165) is 0 Å². The van der Waals surface area contributed by atoms with Crippen LogP contribution in [0.25, 0.3) is 0 Å². The third kappa shape index (κ3) is 3.77. The van der Waals surface area contributed by atoms with Crippen LogP contribution in [0.15, 0.2) is 54.6 Å². The number of amides is 1. The van der Waals surface area contributed by atoms with Crippen molar-refractivity contribution in [2.45, 2.75) is 19.4 Å². The highest BCUT2D eigenvalue weighted by molar-refractivity contribution is 6.09. The minimum absolute atomic E-state index is 0.0732. The Morgan fingerprint density at radius 3 is 1.95 bits per heavy atom. The first-order valence-electron chi connectivity index (χ1n) is 6.61. The second-order valence-corrected chi connectivity index (χ2v) is 5.29. The summed E-state index contributed by atoms with van der Waals surface area (Å²) in [5.74, 6) is -0.569. The Hall–Kier alpha value is -2.46. The number of carbonyl (C=O) groups excluding carboxylic acids is 2. The fourth-order valence-electron chi connectivity index (χ4n) is 1.75. The number of aliphatic hydroxyl groups is 1. The lowest BCUT2D eigenvalue weighted by Crippen LogP contribution is -2.36. The minimum atomic E-state index is -1.45. The first-order chi connectivity index (χ1) is 9.88. The number of ketones is 1. The van der Waals surface area contributed by atoms with Crippen molar-refractivity contribution in [2.24, 2.45) is 0 Å². The van der Waals surface area contributed by atoms with Crippen LogP contribution in [0.2, 0.25) is 0 Å². The first-order valence-corrected chi connectivity index (χ1v) is 6.61. The summed E-state index contributed by atoms with van der Waals surface area (Å²) >= 11 is 0. The lowest BCUT2D eigenvalue weighted by atomic mass is 10.0. The van der Waals surface area contributed by atoms with E-state index in [1.54, 1.807) is 36.4 Å². The highest BCUT2D eigenvalue weighted by atomic mass is 16.3. The summed E-state index contributed by atoms with van der Waals surface area (Å²) < 4.78 is 0. The van der Waals surface area contributed by atoms with Crippen LogP contribution in [0, 0.1) is 0 Å². The van der Waals surface area contributed by atoms with E-state index < -0.39 is 11.5 Å². The van der Waals surface area contributed by atoms with Gasteiger partial charge in [-0.15, -0.1) is 0 Å². The van der Waals surface area contributed by atoms with Gasteiger partial charge >= 0.3 is 0 Å². The smallest absolute Gasteiger partial charge is 0.255 e. The standard InChI is InChI=1S/C17H17NO3/c1-17(2,21)16(20)18-14-10-8-13(9-11-14)15(19)12-6-4-3-5-7-12/h3-11,21H,1-2H3,(H,18,20). The third-order valence-corrected chi connectivity index (χ3v) is 3.00. The van der Waals surface area contributed by atoms with E-state index in [2.05, 4.69) is 5.32 Å². The first kappa shape index (κ1) is 14.9. The number of hydrogen-bond acceptors (Lipinski definition) is 3. The molecule has 21 heavy (non-hydrogen) atoms. The van der Waals surface area contributed by atoms with Gasteiger partial charge < -0.3 is 10.4 Å². The molecule has 0 heterocycles. The Morgan fingerprint density at radius 2 is 1.43 bits per heavy atom. The van der Waals surface area contributed by atoms with Gasteiger partial charge in [-0.2, -0.15) is 0 Å². The maximum atomic E-state index is 12.2. The van der Waals surface area contributed by atoms with Crippen molar-refractivity contribution in [2.75, 3.05) is 5.32 Å². The van der Waals surface area contributed by atoms with Gasteiger partial charge in [0.1, 0.15) is 5.60 Å². The van der Waals surface area contributed by atoms with Gasteiger partial charge in [0.25, 0.3) is 5.91 Å². The fourth-order valence-corrected chi connectivity index (χ4v) is 1.75. The van der Waals surface area contributed by atoms with Crippen molar-refractivity contribution < 1.29 is 14.7 Å². The number of anilines is 1. The predicted octanol–water partition coefficient (Wildman–Crippen LogP) is 2.63. The Bertz CT molecular complexity index is 640. The van der Waals surface area contributed by atoms with E-state index in [-0.39, 0.29) is 5.78 Å². The molecule has 108 valence electrons. The quantitative estimate of drug-likeness (QED) is 0.848. The highest BCUT2D eigenvalue weighted by Gasteiger charge is 2.23. The van der Waals surface area contributed by atoms with Crippen LogP contribution < -0.4 is 5.32 Å². The molecule has 1 amide bonds. The molecule has 4 heteroatoms. The van der Waals surface area contributed by atoms with Gasteiger partial charge in [0, 0.05) is 16.8 Å². The normalized spacial score (nSPS) is 11.0. The largest absolute Gasteiger partial charge is 0.381 e. The van der Waals surface area contributed by atoms with Gasteiger partial charge in [-0.3, -0.25) is 9.59 Å².